The van der Waals surface area contributed by atoms with Gasteiger partial charge in [-0.05, 0) is 12.5 Å². The number of nitrogens with zero attached hydrogens (tertiary/aromatic N) is 1. The highest BCUT2D eigenvalue weighted by Gasteiger charge is 2.25. The van der Waals surface area contributed by atoms with Crippen molar-refractivity contribution in [1.82, 2.24) is 5.32 Å². The summed E-state index contributed by atoms with van der Waals surface area (Å²) >= 11 is 0. The molecule has 1 aromatic carbocycles. The van der Waals surface area contributed by atoms with Crippen LogP contribution in [0.25, 0.3) is 0 Å². The minimum atomic E-state index is -1.36. The van der Waals surface area contributed by atoms with Crippen LogP contribution in [0.15, 0.2) is 12.1 Å². The van der Waals surface area contributed by atoms with E-state index in [0.29, 0.717) is 18.6 Å². The summed E-state index contributed by atoms with van der Waals surface area (Å²) in [5.41, 5.74) is 3.73. The van der Waals surface area contributed by atoms with Gasteiger partial charge < -0.3 is 11.1 Å². The van der Waals surface area contributed by atoms with Gasteiger partial charge in [-0.3, -0.25) is 14.9 Å². The summed E-state index contributed by atoms with van der Waals surface area (Å²) in [6.45, 7) is 2.11. The SMILES string of the molecule is CCCCC(CN)NC(=O)c1cc(F)cc([N+](=O)[O-])c1F. The second-order valence-corrected chi connectivity index (χ2v) is 4.59. The van der Waals surface area contributed by atoms with E-state index >= 15 is 0 Å². The Morgan fingerprint density at radius 3 is 2.67 bits per heavy atom. The molecule has 21 heavy (non-hydrogen) atoms. The zero-order valence-corrected chi connectivity index (χ0v) is 11.6. The number of nitrogens with two attached hydrogens (primary N) is 1. The van der Waals surface area contributed by atoms with Gasteiger partial charge in [-0.15, -0.1) is 0 Å². The first-order valence-corrected chi connectivity index (χ1v) is 6.55. The van der Waals surface area contributed by atoms with Gasteiger partial charge in [0.2, 0.25) is 5.82 Å². The number of hydrogen-bond donors (Lipinski definition) is 2. The molecular weight excluding hydrogens is 284 g/mol. The van der Waals surface area contributed by atoms with E-state index in [9.17, 15) is 23.7 Å². The number of halogens is 2. The fourth-order valence-electron chi connectivity index (χ4n) is 1.84. The molecular formula is C13H17F2N3O3. The normalized spacial score (nSPS) is 12.0. The molecule has 1 amide bonds. The number of hydrogen-bond acceptors (Lipinski definition) is 4. The molecule has 0 saturated heterocycles. The van der Waals surface area contributed by atoms with Crippen molar-refractivity contribution in [2.45, 2.75) is 32.2 Å². The Balaban J connectivity index is 2.99. The lowest BCUT2D eigenvalue weighted by Crippen LogP contribution is -2.40. The summed E-state index contributed by atoms with van der Waals surface area (Å²) in [5.74, 6) is -3.32. The van der Waals surface area contributed by atoms with Gasteiger partial charge in [-0.25, -0.2) is 4.39 Å². The zero-order chi connectivity index (χ0) is 16.0. The van der Waals surface area contributed by atoms with Crippen molar-refractivity contribution in [2.24, 2.45) is 5.73 Å². The number of nitro benzene ring substituents is 1. The van der Waals surface area contributed by atoms with Crippen molar-refractivity contribution in [1.29, 1.82) is 0 Å². The van der Waals surface area contributed by atoms with Crippen LogP contribution in [0.3, 0.4) is 0 Å². The van der Waals surface area contributed by atoms with Gasteiger partial charge in [0.05, 0.1) is 16.6 Å². The van der Waals surface area contributed by atoms with Gasteiger partial charge in [0.25, 0.3) is 5.91 Å². The third kappa shape index (κ3) is 4.45. The smallest absolute Gasteiger partial charge is 0.308 e. The Labute approximate surface area is 120 Å². The number of carbonyl (C=O) groups excluding carboxylic acids is 1. The van der Waals surface area contributed by atoms with E-state index in [-0.39, 0.29) is 12.6 Å². The molecule has 0 aliphatic carbocycles. The summed E-state index contributed by atoms with van der Waals surface area (Å²) < 4.78 is 27.1. The summed E-state index contributed by atoms with van der Waals surface area (Å²) in [6, 6.07) is 0.675. The first-order valence-electron chi connectivity index (χ1n) is 6.55. The van der Waals surface area contributed by atoms with Crippen molar-refractivity contribution in [3.8, 4) is 0 Å². The number of nitro groups is 1. The molecule has 1 rings (SSSR count). The summed E-state index contributed by atoms with van der Waals surface area (Å²) in [6.07, 6.45) is 2.30. The fraction of sp³-hybridized carbons (Fsp3) is 0.462. The molecule has 8 heteroatoms. The van der Waals surface area contributed by atoms with E-state index < -0.39 is 33.7 Å². The van der Waals surface area contributed by atoms with Crippen molar-refractivity contribution in [3.63, 3.8) is 0 Å². The highest BCUT2D eigenvalue weighted by molar-refractivity contribution is 5.95. The highest BCUT2D eigenvalue weighted by atomic mass is 19.1. The molecule has 0 bridgehead atoms. The Kier molecular flexibility index (Phi) is 6.16. The third-order valence-corrected chi connectivity index (χ3v) is 2.99. The number of benzene rings is 1. The van der Waals surface area contributed by atoms with Crippen LogP contribution in [-0.2, 0) is 0 Å². The van der Waals surface area contributed by atoms with Crippen LogP contribution in [-0.4, -0.2) is 23.4 Å². The molecule has 3 N–H and O–H groups in total. The zero-order valence-electron chi connectivity index (χ0n) is 11.6. The molecule has 116 valence electrons. The molecule has 0 heterocycles. The number of rotatable bonds is 7. The molecule has 0 saturated carbocycles. The van der Waals surface area contributed by atoms with Gasteiger partial charge in [-0.1, -0.05) is 19.8 Å². The minimum absolute atomic E-state index is 0.144. The maximum absolute atomic E-state index is 13.9. The number of nitrogens with one attached hydrogen (secondary N) is 1. The Morgan fingerprint density at radius 1 is 1.48 bits per heavy atom. The Morgan fingerprint density at radius 2 is 2.14 bits per heavy atom. The lowest BCUT2D eigenvalue weighted by atomic mass is 10.1. The Hall–Kier alpha value is -2.09. The molecule has 0 radical (unpaired) electrons. The van der Waals surface area contributed by atoms with Crippen molar-refractivity contribution in [2.75, 3.05) is 6.54 Å². The van der Waals surface area contributed by atoms with E-state index in [2.05, 4.69) is 5.32 Å². The van der Waals surface area contributed by atoms with Crippen LogP contribution >= 0.6 is 0 Å². The van der Waals surface area contributed by atoms with E-state index in [4.69, 9.17) is 5.73 Å². The van der Waals surface area contributed by atoms with E-state index in [1.807, 2.05) is 6.92 Å². The quantitative estimate of drug-likeness (QED) is 0.595. The van der Waals surface area contributed by atoms with Gasteiger partial charge in [-0.2, -0.15) is 4.39 Å². The predicted octanol–water partition coefficient (Wildman–Crippen LogP) is 2.12. The first kappa shape index (κ1) is 17.0. The molecule has 0 aromatic heterocycles. The molecule has 1 aromatic rings. The highest BCUT2D eigenvalue weighted by Crippen LogP contribution is 2.22. The van der Waals surface area contributed by atoms with Crippen LogP contribution in [0.1, 0.15) is 36.5 Å². The Bertz CT molecular complexity index is 538. The number of carbonyl (C=O) groups is 1. The molecule has 6 nitrogen and oxygen atoms in total. The van der Waals surface area contributed by atoms with Gasteiger partial charge in [0.1, 0.15) is 5.82 Å². The molecule has 0 aliphatic rings. The minimum Gasteiger partial charge on any atom is -0.348 e. The van der Waals surface area contributed by atoms with Gasteiger partial charge >= 0.3 is 5.69 Å². The second kappa shape index (κ2) is 7.63. The monoisotopic (exact) mass is 301 g/mol. The second-order valence-electron chi connectivity index (χ2n) is 4.59. The average Bonchev–Trinajstić information content (AvgIpc) is 2.44. The van der Waals surface area contributed by atoms with Crippen LogP contribution in [0.2, 0.25) is 0 Å². The van der Waals surface area contributed by atoms with E-state index in [1.165, 1.54) is 0 Å². The molecule has 0 spiro atoms. The van der Waals surface area contributed by atoms with Crippen LogP contribution in [0.4, 0.5) is 14.5 Å². The van der Waals surface area contributed by atoms with Crippen molar-refractivity contribution >= 4 is 11.6 Å². The first-order chi connectivity index (χ1) is 9.90. The summed E-state index contributed by atoms with van der Waals surface area (Å²) in [7, 11) is 0. The predicted molar refractivity (Wildman–Crippen MR) is 72.8 cm³/mol. The summed E-state index contributed by atoms with van der Waals surface area (Å²) in [5, 5.41) is 13.1. The fourth-order valence-corrected chi connectivity index (χ4v) is 1.84. The molecule has 1 unspecified atom stereocenters. The van der Waals surface area contributed by atoms with Crippen LogP contribution in [0.5, 0.6) is 0 Å². The maximum Gasteiger partial charge on any atom is 0.308 e. The lowest BCUT2D eigenvalue weighted by Gasteiger charge is -2.16. The van der Waals surface area contributed by atoms with Crippen LogP contribution in [0, 0.1) is 21.7 Å². The van der Waals surface area contributed by atoms with Crippen molar-refractivity contribution < 1.29 is 18.5 Å². The lowest BCUT2D eigenvalue weighted by molar-refractivity contribution is -0.387. The summed E-state index contributed by atoms with van der Waals surface area (Å²) in [4.78, 5) is 21.5. The largest absolute Gasteiger partial charge is 0.348 e. The molecule has 0 fully saturated rings. The van der Waals surface area contributed by atoms with E-state index in [1.54, 1.807) is 0 Å². The molecule has 0 aliphatic heterocycles. The standard InChI is InChI=1S/C13H17F2N3O3/c1-2-3-4-9(7-16)17-13(19)10-5-8(14)6-11(12(10)15)18(20)21/h5-6,9H,2-4,7,16H2,1H3,(H,17,19). The van der Waals surface area contributed by atoms with Crippen molar-refractivity contribution in [3.05, 3.63) is 39.4 Å². The number of unbranched alkanes of at least 4 members (excludes halogenated alkanes) is 1. The topological polar surface area (TPSA) is 98.3 Å². The average molecular weight is 301 g/mol. The molecule has 1 atom stereocenters. The van der Waals surface area contributed by atoms with Crippen LogP contribution < -0.4 is 11.1 Å². The van der Waals surface area contributed by atoms with Gasteiger partial charge in [0.15, 0.2) is 0 Å². The maximum atomic E-state index is 13.9. The third-order valence-electron chi connectivity index (χ3n) is 2.99. The van der Waals surface area contributed by atoms with E-state index in [0.717, 1.165) is 12.8 Å². The number of amides is 1. The van der Waals surface area contributed by atoms with Gasteiger partial charge in [0, 0.05) is 12.6 Å².